The number of thiol groups is 1. The highest BCUT2D eigenvalue weighted by Crippen LogP contribution is 2.17. The zero-order valence-corrected chi connectivity index (χ0v) is 9.67. The van der Waals surface area contributed by atoms with E-state index >= 15 is 0 Å². The van der Waals surface area contributed by atoms with E-state index in [0.717, 1.165) is 12.0 Å². The van der Waals surface area contributed by atoms with Crippen LogP contribution in [0.5, 0.6) is 0 Å². The number of rotatable bonds is 5. The van der Waals surface area contributed by atoms with Gasteiger partial charge in [-0.15, -0.1) is 0 Å². The molecule has 0 amide bonds. The predicted molar refractivity (Wildman–Crippen MR) is 61.1 cm³/mol. The number of nitrogens with two attached hydrogens (primary N) is 1. The van der Waals surface area contributed by atoms with Gasteiger partial charge in [0.2, 0.25) is 0 Å². The van der Waals surface area contributed by atoms with Gasteiger partial charge in [0.15, 0.2) is 10.7 Å². The minimum Gasteiger partial charge on any atom is -0.313 e. The van der Waals surface area contributed by atoms with Gasteiger partial charge in [-0.05, 0) is 18.1 Å². The van der Waals surface area contributed by atoms with Crippen LogP contribution in [-0.4, -0.2) is 13.3 Å². The lowest BCUT2D eigenvalue weighted by molar-refractivity contribution is 0.495. The van der Waals surface area contributed by atoms with Gasteiger partial charge in [-0.25, -0.2) is 8.42 Å². The van der Waals surface area contributed by atoms with Crippen molar-refractivity contribution in [3.8, 4) is 0 Å². The molecule has 1 aromatic carbocycles. The first kappa shape index (κ1) is 12.2. The average molecular weight is 226 g/mol. The van der Waals surface area contributed by atoms with Crippen molar-refractivity contribution in [3.63, 3.8) is 0 Å². The van der Waals surface area contributed by atoms with Crippen molar-refractivity contribution >= 4 is 10.7 Å². The molecule has 0 saturated carbocycles. The van der Waals surface area contributed by atoms with Crippen LogP contribution in [-0.2, 0) is 17.1 Å². The molecule has 1 rings (SSSR count). The summed E-state index contributed by atoms with van der Waals surface area (Å²) in [7, 11) is -2.61. The van der Waals surface area contributed by atoms with E-state index in [-0.39, 0.29) is 0 Å². The Hall–Kier alpha value is -0.870. The van der Waals surface area contributed by atoms with Crippen LogP contribution in [0.2, 0.25) is 0 Å². The standard InChI is InChI=1S/C11H16NO2S/c1-2-8-11(12,15(13)14)9-10-6-4-3-5-7-10/h4-7,15H,2,8-9,12H2,1H3. The van der Waals surface area contributed by atoms with Gasteiger partial charge in [-0.2, -0.15) is 0 Å². The molecule has 15 heavy (non-hydrogen) atoms. The molecule has 1 aromatic rings. The first-order valence-electron chi connectivity index (χ1n) is 4.97. The lowest BCUT2D eigenvalue weighted by Crippen LogP contribution is -2.43. The maximum absolute atomic E-state index is 11.1. The Labute approximate surface area is 92.3 Å². The molecule has 0 fully saturated rings. The second kappa shape index (κ2) is 5.28. The molecule has 0 heterocycles. The van der Waals surface area contributed by atoms with Crippen molar-refractivity contribution in [3.05, 3.63) is 35.9 Å². The van der Waals surface area contributed by atoms with Crippen LogP contribution < -0.4 is 5.73 Å². The summed E-state index contributed by atoms with van der Waals surface area (Å²) in [6.07, 6.45) is 1.62. The zero-order chi connectivity index (χ0) is 11.3. The van der Waals surface area contributed by atoms with E-state index in [1.165, 1.54) is 0 Å². The van der Waals surface area contributed by atoms with Crippen LogP contribution >= 0.6 is 0 Å². The van der Waals surface area contributed by atoms with Gasteiger partial charge >= 0.3 is 0 Å². The Morgan fingerprint density at radius 3 is 2.47 bits per heavy atom. The van der Waals surface area contributed by atoms with E-state index in [1.54, 1.807) is 12.1 Å². The fourth-order valence-electron chi connectivity index (χ4n) is 1.57. The van der Waals surface area contributed by atoms with Crippen molar-refractivity contribution < 1.29 is 8.42 Å². The number of benzene rings is 1. The third-order valence-corrected chi connectivity index (χ3v) is 3.45. The molecule has 2 N–H and O–H groups in total. The highest BCUT2D eigenvalue weighted by atomic mass is 32.2. The normalized spacial score (nSPS) is 15.1. The maximum Gasteiger partial charge on any atom is 0.159 e. The molecule has 1 unspecified atom stereocenters. The third-order valence-electron chi connectivity index (χ3n) is 2.34. The summed E-state index contributed by atoms with van der Waals surface area (Å²) in [6, 6.07) is 10.1. The quantitative estimate of drug-likeness (QED) is 0.739. The number of hydrogen-bond acceptors (Lipinski definition) is 3. The Morgan fingerprint density at radius 2 is 2.00 bits per heavy atom. The van der Waals surface area contributed by atoms with Crippen LogP contribution in [0.3, 0.4) is 0 Å². The van der Waals surface area contributed by atoms with E-state index in [4.69, 9.17) is 5.73 Å². The molecule has 0 aliphatic carbocycles. The molecule has 1 atom stereocenters. The summed E-state index contributed by atoms with van der Waals surface area (Å²) in [5, 5.41) is 0. The molecule has 4 heteroatoms. The average Bonchev–Trinajstić information content (AvgIpc) is 2.19. The molecule has 0 aromatic heterocycles. The van der Waals surface area contributed by atoms with E-state index in [2.05, 4.69) is 6.07 Å². The molecule has 0 spiro atoms. The molecular weight excluding hydrogens is 210 g/mol. The summed E-state index contributed by atoms with van der Waals surface area (Å²) in [4.78, 5) is -1.11. The number of hydrogen-bond donors (Lipinski definition) is 2. The van der Waals surface area contributed by atoms with Crippen LogP contribution in [0.15, 0.2) is 24.3 Å². The SMILES string of the molecule is CCCC(N)(Cc1cc[c]cc1)[SH](=O)=O. The minimum atomic E-state index is -2.61. The maximum atomic E-state index is 11.1. The molecule has 0 aliphatic rings. The van der Waals surface area contributed by atoms with Gasteiger partial charge in [0.05, 0.1) is 0 Å². The van der Waals surface area contributed by atoms with Crippen molar-refractivity contribution in [1.82, 2.24) is 0 Å². The second-order valence-corrected chi connectivity index (χ2v) is 5.10. The van der Waals surface area contributed by atoms with Gasteiger partial charge in [0.1, 0.15) is 4.87 Å². The summed E-state index contributed by atoms with van der Waals surface area (Å²) in [5.74, 6) is 0. The molecule has 0 bridgehead atoms. The molecule has 3 nitrogen and oxygen atoms in total. The van der Waals surface area contributed by atoms with Crippen molar-refractivity contribution in [2.24, 2.45) is 5.73 Å². The van der Waals surface area contributed by atoms with E-state index in [9.17, 15) is 8.42 Å². The van der Waals surface area contributed by atoms with E-state index in [1.807, 2.05) is 19.1 Å². The zero-order valence-electron chi connectivity index (χ0n) is 8.77. The van der Waals surface area contributed by atoms with Gasteiger partial charge in [0, 0.05) is 6.42 Å². The van der Waals surface area contributed by atoms with Crippen LogP contribution in [0.4, 0.5) is 0 Å². The Kier molecular flexibility index (Phi) is 4.29. The summed E-state index contributed by atoms with van der Waals surface area (Å²) >= 11 is 0. The predicted octanol–water partition coefficient (Wildman–Crippen LogP) is 1.10. The summed E-state index contributed by atoms with van der Waals surface area (Å²) in [6.45, 7) is 1.93. The van der Waals surface area contributed by atoms with E-state index in [0.29, 0.717) is 12.8 Å². The molecule has 0 saturated heterocycles. The lowest BCUT2D eigenvalue weighted by Gasteiger charge is -2.22. The first-order valence-corrected chi connectivity index (χ1v) is 6.14. The Morgan fingerprint density at radius 1 is 1.40 bits per heavy atom. The third kappa shape index (κ3) is 3.32. The van der Waals surface area contributed by atoms with Gasteiger partial charge in [-0.1, -0.05) is 37.6 Å². The highest BCUT2D eigenvalue weighted by molar-refractivity contribution is 7.74. The van der Waals surface area contributed by atoms with Crippen molar-refractivity contribution in [2.75, 3.05) is 0 Å². The van der Waals surface area contributed by atoms with Crippen LogP contribution in [0, 0.1) is 6.07 Å². The summed E-state index contributed by atoms with van der Waals surface area (Å²) < 4.78 is 22.2. The fraction of sp³-hybridized carbons (Fsp3) is 0.455. The lowest BCUT2D eigenvalue weighted by atomic mass is 10.0. The molecule has 1 radical (unpaired) electrons. The molecular formula is C11H16NO2S. The molecule has 83 valence electrons. The molecule has 0 aliphatic heterocycles. The monoisotopic (exact) mass is 226 g/mol. The van der Waals surface area contributed by atoms with Gasteiger partial charge in [0.25, 0.3) is 0 Å². The topological polar surface area (TPSA) is 60.2 Å². The smallest absolute Gasteiger partial charge is 0.159 e. The fourth-order valence-corrected chi connectivity index (χ4v) is 2.29. The Balaban J connectivity index is 2.85. The van der Waals surface area contributed by atoms with E-state index < -0.39 is 15.6 Å². The Bertz CT molecular complexity index is 367. The summed E-state index contributed by atoms with van der Waals surface area (Å²) in [5.41, 5.74) is 6.81. The first-order chi connectivity index (χ1) is 7.08. The van der Waals surface area contributed by atoms with Crippen LogP contribution in [0.1, 0.15) is 25.3 Å². The van der Waals surface area contributed by atoms with Crippen molar-refractivity contribution in [1.29, 1.82) is 0 Å². The van der Waals surface area contributed by atoms with Gasteiger partial charge < -0.3 is 5.73 Å². The van der Waals surface area contributed by atoms with Gasteiger partial charge in [-0.3, -0.25) is 0 Å². The van der Waals surface area contributed by atoms with Crippen molar-refractivity contribution in [2.45, 2.75) is 31.1 Å². The largest absolute Gasteiger partial charge is 0.313 e. The van der Waals surface area contributed by atoms with Crippen LogP contribution in [0.25, 0.3) is 0 Å². The highest BCUT2D eigenvalue weighted by Gasteiger charge is 2.27. The minimum absolute atomic E-state index is 0.369. The second-order valence-electron chi connectivity index (χ2n) is 3.70.